The first-order valence-corrected chi connectivity index (χ1v) is 11.8. The van der Waals surface area contributed by atoms with Gasteiger partial charge in [-0.05, 0) is 37.8 Å². The van der Waals surface area contributed by atoms with Crippen LogP contribution >= 0.6 is 23.7 Å². The van der Waals surface area contributed by atoms with E-state index in [0.29, 0.717) is 18.8 Å². The number of hydrogen-bond acceptors (Lipinski definition) is 6. The zero-order valence-electron chi connectivity index (χ0n) is 14.7. The third kappa shape index (κ3) is 8.80. The van der Waals surface area contributed by atoms with Crippen LogP contribution in [0.3, 0.4) is 0 Å². The van der Waals surface area contributed by atoms with E-state index in [1.54, 1.807) is 19.1 Å². The summed E-state index contributed by atoms with van der Waals surface area (Å²) in [7, 11) is -6.84. The lowest BCUT2D eigenvalue weighted by Gasteiger charge is -2.18. The highest BCUT2D eigenvalue weighted by Gasteiger charge is 2.21. The zero-order chi connectivity index (χ0) is 18.4. The smallest absolute Gasteiger partial charge is 0.250 e. The van der Waals surface area contributed by atoms with E-state index in [1.165, 1.54) is 0 Å². The van der Waals surface area contributed by atoms with E-state index in [9.17, 15) is 16.8 Å². The number of halogens is 1. The third-order valence-corrected chi connectivity index (χ3v) is 7.90. The Morgan fingerprint density at radius 3 is 2.36 bits per heavy atom. The van der Waals surface area contributed by atoms with E-state index < -0.39 is 20.0 Å². The van der Waals surface area contributed by atoms with Crippen LogP contribution < -0.4 is 15.2 Å². The topological polar surface area (TPSA) is 118 Å². The highest BCUT2D eigenvalue weighted by Crippen LogP contribution is 2.22. The summed E-state index contributed by atoms with van der Waals surface area (Å²) in [6.45, 7) is 6.08. The maximum atomic E-state index is 12.4. The maximum Gasteiger partial charge on any atom is 0.250 e. The minimum Gasteiger partial charge on any atom is -0.329 e. The zero-order valence-corrected chi connectivity index (χ0v) is 18.0. The maximum absolute atomic E-state index is 12.4. The van der Waals surface area contributed by atoms with Crippen molar-refractivity contribution in [2.24, 2.45) is 11.7 Å². The van der Waals surface area contributed by atoms with Gasteiger partial charge in [0.25, 0.3) is 0 Å². The fourth-order valence-corrected chi connectivity index (χ4v) is 5.36. The largest absolute Gasteiger partial charge is 0.329 e. The third-order valence-electron chi connectivity index (χ3n) is 3.34. The van der Waals surface area contributed by atoms with Crippen molar-refractivity contribution in [1.29, 1.82) is 0 Å². The highest BCUT2D eigenvalue weighted by atomic mass is 35.5. The van der Waals surface area contributed by atoms with Gasteiger partial charge in [-0.25, -0.2) is 26.3 Å². The van der Waals surface area contributed by atoms with Crippen LogP contribution in [0.5, 0.6) is 0 Å². The molecule has 0 aliphatic rings. The second-order valence-electron chi connectivity index (χ2n) is 5.95. The summed E-state index contributed by atoms with van der Waals surface area (Å²) in [6, 6.07) is 2.95. The Morgan fingerprint density at radius 1 is 1.20 bits per heavy atom. The van der Waals surface area contributed by atoms with Gasteiger partial charge in [-0.15, -0.1) is 23.7 Å². The molecule has 1 aromatic heterocycles. The van der Waals surface area contributed by atoms with Crippen LogP contribution in [0.25, 0.3) is 0 Å². The number of hydrogen-bond donors (Lipinski definition) is 3. The highest BCUT2D eigenvalue weighted by molar-refractivity contribution is 7.91. The fourth-order valence-electron chi connectivity index (χ4n) is 2.11. The van der Waals surface area contributed by atoms with Crippen LogP contribution in [0, 0.1) is 5.92 Å². The molecule has 0 amide bonds. The molecule has 0 aliphatic heterocycles. The molecule has 0 spiro atoms. The Balaban J connectivity index is 0.00000576. The summed E-state index contributed by atoms with van der Waals surface area (Å²) in [5.41, 5.74) is 5.64. The first-order valence-electron chi connectivity index (χ1n) is 7.88. The predicted octanol–water partition coefficient (Wildman–Crippen LogP) is 1.30. The molecule has 25 heavy (non-hydrogen) atoms. The van der Waals surface area contributed by atoms with Gasteiger partial charge >= 0.3 is 0 Å². The van der Waals surface area contributed by atoms with Gasteiger partial charge in [0.1, 0.15) is 4.21 Å². The lowest BCUT2D eigenvalue weighted by molar-refractivity contribution is 0.465. The second-order valence-corrected chi connectivity index (χ2v) is 11.2. The Kier molecular flexibility index (Phi) is 10.7. The average Bonchev–Trinajstić information content (AvgIpc) is 2.95. The lowest BCUT2D eigenvalue weighted by Crippen LogP contribution is -2.40. The Hall–Kier alpha value is -0.230. The Labute approximate surface area is 161 Å². The first kappa shape index (κ1) is 24.8. The van der Waals surface area contributed by atoms with Crippen LogP contribution in [0.15, 0.2) is 16.3 Å². The van der Waals surface area contributed by atoms with Crippen LogP contribution in [0.2, 0.25) is 0 Å². The van der Waals surface area contributed by atoms with Gasteiger partial charge in [0, 0.05) is 24.0 Å². The summed E-state index contributed by atoms with van der Waals surface area (Å²) in [6.07, 6.45) is 1.12. The Morgan fingerprint density at radius 2 is 1.84 bits per heavy atom. The van der Waals surface area contributed by atoms with Crippen molar-refractivity contribution in [3.63, 3.8) is 0 Å². The molecule has 0 fully saturated rings. The van der Waals surface area contributed by atoms with Crippen molar-refractivity contribution in [3.8, 4) is 0 Å². The monoisotopic (exact) mass is 433 g/mol. The van der Waals surface area contributed by atoms with E-state index in [2.05, 4.69) is 9.44 Å². The molecule has 7 nitrogen and oxygen atoms in total. The summed E-state index contributed by atoms with van der Waals surface area (Å²) in [5.74, 6) is 0.365. The molecule has 0 bridgehead atoms. The van der Waals surface area contributed by atoms with E-state index in [0.717, 1.165) is 16.2 Å². The molecule has 1 aromatic rings. The quantitative estimate of drug-likeness (QED) is 0.486. The predicted molar refractivity (Wildman–Crippen MR) is 105 cm³/mol. The molecule has 1 heterocycles. The molecule has 0 aliphatic carbocycles. The Bertz CT molecular complexity index is 717. The average molecular weight is 434 g/mol. The molecule has 1 unspecified atom stereocenters. The molecule has 11 heteroatoms. The molecular weight excluding hydrogens is 406 g/mol. The minimum absolute atomic E-state index is 0. The van der Waals surface area contributed by atoms with Crippen LogP contribution in [-0.4, -0.2) is 41.7 Å². The molecule has 0 saturated heterocycles. The van der Waals surface area contributed by atoms with Crippen LogP contribution in [-0.2, 0) is 26.5 Å². The summed E-state index contributed by atoms with van der Waals surface area (Å²) in [4.78, 5) is 0.808. The lowest BCUT2D eigenvalue weighted by atomic mass is 10.1. The van der Waals surface area contributed by atoms with Crippen molar-refractivity contribution in [3.05, 3.63) is 17.0 Å². The van der Waals surface area contributed by atoms with Gasteiger partial charge in [0.05, 0.1) is 5.75 Å². The number of nitrogens with one attached hydrogen (secondary N) is 2. The molecule has 0 saturated carbocycles. The van der Waals surface area contributed by atoms with Crippen molar-refractivity contribution in [2.45, 2.75) is 43.9 Å². The summed E-state index contributed by atoms with van der Waals surface area (Å²) >= 11 is 1.14. The molecule has 4 N–H and O–H groups in total. The number of rotatable bonds is 11. The van der Waals surface area contributed by atoms with Gasteiger partial charge < -0.3 is 5.73 Å². The van der Waals surface area contributed by atoms with Gasteiger partial charge in [0.2, 0.25) is 20.0 Å². The molecule has 0 radical (unpaired) electrons. The van der Waals surface area contributed by atoms with Crippen LogP contribution in [0.4, 0.5) is 0 Å². The first-order chi connectivity index (χ1) is 11.1. The van der Waals surface area contributed by atoms with Gasteiger partial charge in [-0.1, -0.05) is 13.8 Å². The van der Waals surface area contributed by atoms with Gasteiger partial charge in [0.15, 0.2) is 0 Å². The second kappa shape index (κ2) is 10.8. The van der Waals surface area contributed by atoms with Gasteiger partial charge in [-0.3, -0.25) is 0 Å². The van der Waals surface area contributed by atoms with Gasteiger partial charge in [-0.2, -0.15) is 0 Å². The molecule has 1 atom stereocenters. The van der Waals surface area contributed by atoms with Crippen molar-refractivity contribution in [1.82, 2.24) is 9.44 Å². The van der Waals surface area contributed by atoms with Crippen molar-refractivity contribution < 1.29 is 16.8 Å². The van der Waals surface area contributed by atoms with E-state index in [1.807, 2.05) is 13.8 Å². The number of sulfonamides is 2. The number of nitrogens with two attached hydrogens (primary N) is 1. The van der Waals surface area contributed by atoms with Crippen molar-refractivity contribution in [2.75, 3.05) is 18.8 Å². The molecule has 148 valence electrons. The summed E-state index contributed by atoms with van der Waals surface area (Å²) < 4.78 is 52.9. The van der Waals surface area contributed by atoms with E-state index in [4.69, 9.17) is 5.73 Å². The fraction of sp³-hybridized carbons (Fsp3) is 0.714. The summed E-state index contributed by atoms with van der Waals surface area (Å²) in [5, 5.41) is 0. The van der Waals surface area contributed by atoms with Crippen molar-refractivity contribution >= 4 is 43.8 Å². The number of thiophene rings is 1. The van der Waals surface area contributed by atoms with Crippen LogP contribution in [0.1, 0.15) is 32.1 Å². The normalized spacial score (nSPS) is 13.6. The molecular formula is C14H28ClN3O4S3. The standard InChI is InChI=1S/C14H27N3O4S3.ClH/c1-4-23(18,19)16-8-7-13-5-6-14(22-13)24(20,21)17-12(10-15)9-11(2)3;/h5-6,11-12,16-17H,4,7-10,15H2,1-3H3;1H. The SMILES string of the molecule is CCS(=O)(=O)NCCc1ccc(S(=O)(=O)NC(CN)CC(C)C)s1.Cl. The molecule has 0 aromatic carbocycles. The minimum atomic E-state index is -3.60. The molecule has 1 rings (SSSR count). The van der Waals surface area contributed by atoms with E-state index in [-0.39, 0.29) is 41.5 Å². The van der Waals surface area contributed by atoms with E-state index >= 15 is 0 Å².